The Balaban J connectivity index is 1.70. The highest BCUT2D eigenvalue weighted by Gasteiger charge is 2.30. The molecule has 2 N–H and O–H groups in total. The molecule has 1 amide bonds. The second-order valence-corrected chi connectivity index (χ2v) is 11.2. The van der Waals surface area contributed by atoms with Gasteiger partial charge in [0.15, 0.2) is 11.5 Å². The number of methoxy groups -OCH3 is 1. The van der Waals surface area contributed by atoms with E-state index in [1.807, 2.05) is 25.1 Å². The van der Waals surface area contributed by atoms with Gasteiger partial charge in [0, 0.05) is 30.0 Å². The first-order chi connectivity index (χ1) is 15.9. The van der Waals surface area contributed by atoms with Crippen LogP contribution in [0.5, 0.6) is 5.75 Å². The summed E-state index contributed by atoms with van der Waals surface area (Å²) in [6.45, 7) is 6.17. The zero-order valence-electron chi connectivity index (χ0n) is 19.1. The molecular weight excluding hydrogens is 455 g/mol. The molecule has 2 aromatic heterocycles. The monoisotopic (exact) mass is 482 g/mol. The molecule has 9 heteroatoms. The molecule has 1 aromatic carbocycles. The Morgan fingerprint density at radius 2 is 2.03 bits per heavy atom. The van der Waals surface area contributed by atoms with Gasteiger partial charge in [0.25, 0.3) is 0 Å². The average molecular weight is 483 g/mol. The molecule has 33 heavy (non-hydrogen) atoms. The molecule has 0 atom stereocenters. The Morgan fingerprint density at radius 3 is 2.67 bits per heavy atom. The summed E-state index contributed by atoms with van der Waals surface area (Å²) < 4.78 is 5.77. The van der Waals surface area contributed by atoms with Gasteiger partial charge >= 0.3 is 0 Å². The summed E-state index contributed by atoms with van der Waals surface area (Å²) in [4.78, 5) is 33.9. The zero-order valence-corrected chi connectivity index (χ0v) is 20.8. The fourth-order valence-electron chi connectivity index (χ4n) is 3.38. The van der Waals surface area contributed by atoms with Crippen LogP contribution in [0.4, 0.5) is 17.2 Å². The van der Waals surface area contributed by atoms with Crippen LogP contribution < -0.4 is 20.8 Å². The number of ketones is 1. The van der Waals surface area contributed by atoms with Crippen LogP contribution in [0.3, 0.4) is 0 Å². The Bertz CT molecular complexity index is 1190. The Morgan fingerprint density at radius 1 is 1.24 bits per heavy atom. The second-order valence-electron chi connectivity index (χ2n) is 8.07. The number of thiazole rings is 1. The van der Waals surface area contributed by atoms with Crippen molar-refractivity contribution in [3.63, 3.8) is 0 Å². The summed E-state index contributed by atoms with van der Waals surface area (Å²) in [5.41, 5.74) is 3.73. The molecule has 0 radical (unpaired) electrons. The van der Waals surface area contributed by atoms with E-state index in [9.17, 15) is 9.59 Å². The largest absolute Gasteiger partial charge is 0.494 e. The van der Waals surface area contributed by atoms with Crippen LogP contribution in [-0.4, -0.2) is 42.1 Å². The van der Waals surface area contributed by atoms with Crippen molar-refractivity contribution in [2.24, 2.45) is 5.92 Å². The van der Waals surface area contributed by atoms with Crippen molar-refractivity contribution in [3.8, 4) is 16.3 Å². The Hall–Kier alpha value is -2.83. The van der Waals surface area contributed by atoms with Gasteiger partial charge in [-0.05, 0) is 38.3 Å². The van der Waals surface area contributed by atoms with E-state index >= 15 is 0 Å². The highest BCUT2D eigenvalue weighted by Crippen LogP contribution is 2.40. The molecule has 1 fully saturated rings. The molecular formula is C24H27N4O3PS. The standard InChI is InChI=1S/C24H27N4O3PS/c1-5-19(29)16-12-25-20(27-23(30)14-9-10-14)11-18(16)26-17-8-6-7-15(22(17)31-2)24-28-21(13-33-24)32(3)4/h6-8,11-14H,5,9-10H2,1-4H3,(H2,25,26,27,30). The molecule has 0 aliphatic heterocycles. The minimum Gasteiger partial charge on any atom is -0.494 e. The molecule has 0 spiro atoms. The van der Waals surface area contributed by atoms with Gasteiger partial charge in [-0.2, -0.15) is 0 Å². The maximum Gasteiger partial charge on any atom is 0.228 e. The second kappa shape index (κ2) is 9.98. The molecule has 4 rings (SSSR count). The topological polar surface area (TPSA) is 93.2 Å². The first-order valence-corrected chi connectivity index (χ1v) is 13.9. The van der Waals surface area contributed by atoms with Gasteiger partial charge in [-0.3, -0.25) is 9.59 Å². The highest BCUT2D eigenvalue weighted by atomic mass is 32.1. The molecule has 1 aliphatic carbocycles. The number of ether oxygens (including phenoxy) is 1. The summed E-state index contributed by atoms with van der Waals surface area (Å²) in [5.74, 6) is 1.05. The van der Waals surface area contributed by atoms with Gasteiger partial charge in [0.1, 0.15) is 10.8 Å². The van der Waals surface area contributed by atoms with E-state index in [0.717, 1.165) is 28.8 Å². The van der Waals surface area contributed by atoms with Crippen LogP contribution in [0.2, 0.25) is 0 Å². The summed E-state index contributed by atoms with van der Waals surface area (Å²) in [5, 5.41) is 9.18. The number of hydrogen-bond acceptors (Lipinski definition) is 7. The van der Waals surface area contributed by atoms with Crippen molar-refractivity contribution in [2.75, 3.05) is 31.1 Å². The lowest BCUT2D eigenvalue weighted by Crippen LogP contribution is -2.15. The predicted octanol–water partition coefficient (Wildman–Crippen LogP) is 5.27. The zero-order chi connectivity index (χ0) is 23.5. The molecule has 7 nitrogen and oxygen atoms in total. The first-order valence-electron chi connectivity index (χ1n) is 10.8. The van der Waals surface area contributed by atoms with E-state index in [4.69, 9.17) is 9.72 Å². The summed E-state index contributed by atoms with van der Waals surface area (Å²) in [6, 6.07) is 7.51. The maximum absolute atomic E-state index is 12.6. The lowest BCUT2D eigenvalue weighted by atomic mass is 10.1. The predicted molar refractivity (Wildman–Crippen MR) is 136 cm³/mol. The van der Waals surface area contributed by atoms with Crippen molar-refractivity contribution in [1.82, 2.24) is 9.97 Å². The van der Waals surface area contributed by atoms with Crippen molar-refractivity contribution >= 4 is 53.6 Å². The molecule has 2 heterocycles. The van der Waals surface area contributed by atoms with E-state index < -0.39 is 0 Å². The highest BCUT2D eigenvalue weighted by molar-refractivity contribution is 7.64. The van der Waals surface area contributed by atoms with Gasteiger partial charge in [0.05, 0.1) is 35.0 Å². The number of Topliss-reactive ketones (excluding diaryl/α,β-unsaturated/α-hetero) is 1. The smallest absolute Gasteiger partial charge is 0.228 e. The number of aromatic nitrogens is 2. The molecule has 0 bridgehead atoms. The Labute approximate surface area is 198 Å². The quantitative estimate of drug-likeness (QED) is 0.319. The van der Waals surface area contributed by atoms with E-state index in [1.165, 1.54) is 6.20 Å². The molecule has 172 valence electrons. The minimum absolute atomic E-state index is 0.0334. The van der Waals surface area contributed by atoms with Crippen LogP contribution >= 0.6 is 19.3 Å². The molecule has 0 unspecified atom stereocenters. The van der Waals surface area contributed by atoms with E-state index in [2.05, 4.69) is 34.3 Å². The average Bonchev–Trinajstić information content (AvgIpc) is 3.55. The van der Waals surface area contributed by atoms with Gasteiger partial charge in [0.2, 0.25) is 5.91 Å². The molecule has 3 aromatic rings. The van der Waals surface area contributed by atoms with E-state index in [0.29, 0.717) is 34.9 Å². The third-order valence-corrected chi connectivity index (χ3v) is 7.59. The minimum atomic E-state index is -0.288. The van der Waals surface area contributed by atoms with Gasteiger partial charge < -0.3 is 15.4 Å². The van der Waals surface area contributed by atoms with Crippen LogP contribution in [-0.2, 0) is 4.79 Å². The van der Waals surface area contributed by atoms with Gasteiger partial charge in [-0.25, -0.2) is 9.97 Å². The number of hydrogen-bond donors (Lipinski definition) is 2. The van der Waals surface area contributed by atoms with Crippen molar-refractivity contribution in [2.45, 2.75) is 26.2 Å². The normalized spacial score (nSPS) is 13.1. The van der Waals surface area contributed by atoms with Crippen LogP contribution in [0.25, 0.3) is 10.6 Å². The molecule has 1 aliphatic rings. The van der Waals surface area contributed by atoms with Gasteiger partial charge in [-0.15, -0.1) is 11.3 Å². The summed E-state index contributed by atoms with van der Waals surface area (Å²) >= 11 is 1.59. The Kier molecular flexibility index (Phi) is 7.05. The third-order valence-electron chi connectivity index (χ3n) is 5.39. The lowest BCUT2D eigenvalue weighted by molar-refractivity contribution is -0.117. The van der Waals surface area contributed by atoms with E-state index in [-0.39, 0.29) is 25.5 Å². The van der Waals surface area contributed by atoms with Crippen LogP contribution in [0.1, 0.15) is 36.5 Å². The number of rotatable bonds is 9. The number of nitrogens with one attached hydrogen (secondary N) is 2. The van der Waals surface area contributed by atoms with Crippen molar-refractivity contribution in [1.29, 1.82) is 0 Å². The summed E-state index contributed by atoms with van der Waals surface area (Å²) in [7, 11) is 1.33. The number of para-hydroxylation sites is 1. The lowest BCUT2D eigenvalue weighted by Gasteiger charge is -2.17. The molecule has 0 saturated heterocycles. The van der Waals surface area contributed by atoms with Crippen molar-refractivity contribution in [3.05, 3.63) is 41.4 Å². The van der Waals surface area contributed by atoms with E-state index in [1.54, 1.807) is 24.5 Å². The maximum atomic E-state index is 12.6. The van der Waals surface area contributed by atoms with Gasteiger partial charge in [-0.1, -0.05) is 20.9 Å². The number of benzene rings is 1. The number of carbonyl (C=O) groups excluding carboxylic acids is 2. The number of anilines is 3. The fraction of sp³-hybridized carbons (Fsp3) is 0.333. The SMILES string of the molecule is CCC(=O)c1cnc(NC(=O)C2CC2)cc1Nc1cccc(-c2nc(P(C)C)cs2)c1OC. The summed E-state index contributed by atoms with van der Waals surface area (Å²) in [6.07, 6.45) is 3.68. The third kappa shape index (κ3) is 5.23. The number of amides is 1. The number of pyridine rings is 1. The van der Waals surface area contributed by atoms with Crippen LogP contribution in [0, 0.1) is 5.92 Å². The van der Waals surface area contributed by atoms with Crippen LogP contribution in [0.15, 0.2) is 35.8 Å². The number of carbonyl (C=O) groups is 2. The molecule has 1 saturated carbocycles. The fourth-order valence-corrected chi connectivity index (χ4v) is 5.45. The first kappa shape index (κ1) is 23.3. The van der Waals surface area contributed by atoms with Crippen molar-refractivity contribution < 1.29 is 14.3 Å². The number of nitrogens with zero attached hydrogens (tertiary/aromatic N) is 2.